The summed E-state index contributed by atoms with van der Waals surface area (Å²) in [4.78, 5) is 18.6. The van der Waals surface area contributed by atoms with Crippen molar-refractivity contribution in [1.82, 2.24) is 9.97 Å². The van der Waals surface area contributed by atoms with Crippen LogP contribution in [0, 0.1) is 0 Å². The Morgan fingerprint density at radius 1 is 1.05 bits per heavy atom. The molecule has 0 saturated carbocycles. The number of carboxylic acids is 1. The molecule has 19 heavy (non-hydrogen) atoms. The van der Waals surface area contributed by atoms with E-state index in [1.807, 2.05) is 36.4 Å². The molecule has 1 N–H and O–H groups in total. The third-order valence-electron chi connectivity index (χ3n) is 2.36. The summed E-state index contributed by atoms with van der Waals surface area (Å²) in [6, 6.07) is 7.46. The molecule has 0 atom stereocenters. The van der Waals surface area contributed by atoms with E-state index in [2.05, 4.69) is 9.97 Å². The summed E-state index contributed by atoms with van der Waals surface area (Å²) < 4.78 is 0. The highest BCUT2D eigenvalue weighted by Gasteiger charge is 1.92. The summed E-state index contributed by atoms with van der Waals surface area (Å²) in [5.41, 5.74) is 2.55. The Morgan fingerprint density at radius 2 is 1.89 bits per heavy atom. The molecule has 0 amide bonds. The van der Waals surface area contributed by atoms with Crippen LogP contribution in [-0.2, 0) is 4.79 Å². The number of aromatic nitrogens is 2. The first-order chi connectivity index (χ1) is 9.24. The zero-order chi connectivity index (χ0) is 13.5. The van der Waals surface area contributed by atoms with Crippen LogP contribution in [0.3, 0.4) is 0 Å². The van der Waals surface area contributed by atoms with Gasteiger partial charge in [-0.05, 0) is 35.4 Å². The highest BCUT2D eigenvalue weighted by Crippen LogP contribution is 2.07. The van der Waals surface area contributed by atoms with Crippen molar-refractivity contribution in [2.24, 2.45) is 0 Å². The first kappa shape index (κ1) is 12.7. The normalized spacial score (nSPS) is 11.2. The predicted molar refractivity (Wildman–Crippen MR) is 74.1 cm³/mol. The van der Waals surface area contributed by atoms with Gasteiger partial charge in [0.25, 0.3) is 0 Å². The van der Waals surface area contributed by atoms with Crippen LogP contribution in [0.5, 0.6) is 0 Å². The Labute approximate surface area is 110 Å². The molecule has 0 unspecified atom stereocenters. The van der Waals surface area contributed by atoms with Crippen molar-refractivity contribution in [2.75, 3.05) is 0 Å². The second kappa shape index (κ2) is 6.26. The van der Waals surface area contributed by atoms with Crippen molar-refractivity contribution in [3.63, 3.8) is 0 Å². The van der Waals surface area contributed by atoms with Gasteiger partial charge >= 0.3 is 5.97 Å². The van der Waals surface area contributed by atoms with Gasteiger partial charge in [0, 0.05) is 24.7 Å². The summed E-state index contributed by atoms with van der Waals surface area (Å²) in [7, 11) is 0. The van der Waals surface area contributed by atoms with E-state index in [0.717, 1.165) is 22.9 Å². The lowest BCUT2D eigenvalue weighted by Crippen LogP contribution is -1.86. The van der Waals surface area contributed by atoms with Crippen molar-refractivity contribution in [3.8, 4) is 0 Å². The Hall–Kier alpha value is -2.75. The van der Waals surface area contributed by atoms with Gasteiger partial charge in [-0.25, -0.2) is 4.79 Å². The van der Waals surface area contributed by atoms with Gasteiger partial charge in [0.2, 0.25) is 0 Å². The van der Waals surface area contributed by atoms with E-state index in [1.165, 1.54) is 6.08 Å². The zero-order valence-corrected chi connectivity index (χ0v) is 10.1. The molecule has 0 saturated heterocycles. The van der Waals surface area contributed by atoms with E-state index in [-0.39, 0.29) is 0 Å². The van der Waals surface area contributed by atoms with Crippen LogP contribution in [0.25, 0.3) is 18.2 Å². The summed E-state index contributed by atoms with van der Waals surface area (Å²) in [5, 5.41) is 8.52. The van der Waals surface area contributed by atoms with Crippen molar-refractivity contribution < 1.29 is 9.90 Å². The second-order valence-electron chi connectivity index (χ2n) is 3.81. The molecule has 0 radical (unpaired) electrons. The molecular weight excluding hydrogens is 240 g/mol. The molecule has 94 valence electrons. The van der Waals surface area contributed by atoms with Gasteiger partial charge in [0.05, 0.1) is 5.69 Å². The second-order valence-corrected chi connectivity index (χ2v) is 3.81. The fourth-order valence-corrected chi connectivity index (χ4v) is 1.44. The predicted octanol–water partition coefficient (Wildman–Crippen LogP) is 2.74. The monoisotopic (exact) mass is 252 g/mol. The number of rotatable bonds is 4. The number of aliphatic carboxylic acids is 1. The van der Waals surface area contributed by atoms with Crippen LogP contribution in [0.1, 0.15) is 16.8 Å². The number of hydrogen-bond donors (Lipinski definition) is 1. The highest BCUT2D eigenvalue weighted by atomic mass is 16.4. The molecule has 0 aliphatic heterocycles. The lowest BCUT2D eigenvalue weighted by atomic mass is 10.2. The van der Waals surface area contributed by atoms with E-state index in [4.69, 9.17) is 5.11 Å². The van der Waals surface area contributed by atoms with Crippen molar-refractivity contribution in [2.45, 2.75) is 0 Å². The molecule has 0 aliphatic carbocycles. The molecule has 0 spiro atoms. The number of hydrogen-bond acceptors (Lipinski definition) is 3. The maximum absolute atomic E-state index is 10.4. The first-order valence-corrected chi connectivity index (χ1v) is 5.69. The molecule has 4 nitrogen and oxygen atoms in total. The van der Waals surface area contributed by atoms with E-state index < -0.39 is 5.97 Å². The molecule has 0 fully saturated rings. The summed E-state index contributed by atoms with van der Waals surface area (Å²) in [6.07, 6.45) is 11.5. The van der Waals surface area contributed by atoms with E-state index >= 15 is 0 Å². The van der Waals surface area contributed by atoms with Crippen LogP contribution >= 0.6 is 0 Å². The minimum atomic E-state index is -0.972. The number of carbonyl (C=O) groups is 1. The van der Waals surface area contributed by atoms with Crippen LogP contribution in [-0.4, -0.2) is 21.0 Å². The molecular formula is C15H12N2O2. The molecule has 0 aromatic carbocycles. The van der Waals surface area contributed by atoms with Crippen molar-refractivity contribution in [3.05, 3.63) is 65.8 Å². The highest BCUT2D eigenvalue weighted by molar-refractivity contribution is 5.85. The van der Waals surface area contributed by atoms with E-state index in [1.54, 1.807) is 18.6 Å². The average molecular weight is 252 g/mol. The third kappa shape index (κ3) is 4.20. The van der Waals surface area contributed by atoms with Crippen LogP contribution in [0.15, 0.2) is 48.9 Å². The van der Waals surface area contributed by atoms with Crippen LogP contribution < -0.4 is 0 Å². The third-order valence-corrected chi connectivity index (χ3v) is 2.36. The minimum absolute atomic E-state index is 0.751. The lowest BCUT2D eigenvalue weighted by molar-refractivity contribution is -0.131. The average Bonchev–Trinajstić information content (AvgIpc) is 2.45. The quantitative estimate of drug-likeness (QED) is 0.850. The van der Waals surface area contributed by atoms with E-state index in [0.29, 0.717) is 0 Å². The van der Waals surface area contributed by atoms with Crippen LogP contribution in [0.4, 0.5) is 0 Å². The standard InChI is InChI=1S/C15H12N2O2/c18-15(19)8-5-13-4-7-14(17-11-13)6-3-12-2-1-9-16-10-12/h1-11H,(H,18,19)/b6-3+,8-5?. The van der Waals surface area contributed by atoms with Gasteiger partial charge in [-0.1, -0.05) is 18.2 Å². The molecule has 0 aliphatic rings. The van der Waals surface area contributed by atoms with Crippen molar-refractivity contribution >= 4 is 24.2 Å². The Morgan fingerprint density at radius 3 is 2.53 bits per heavy atom. The summed E-state index contributed by atoms with van der Waals surface area (Å²) in [6.45, 7) is 0. The molecule has 2 aromatic rings. The molecule has 2 aromatic heterocycles. The van der Waals surface area contributed by atoms with Gasteiger partial charge in [-0.15, -0.1) is 0 Å². The smallest absolute Gasteiger partial charge is 0.328 e. The fraction of sp³-hybridized carbons (Fsp3) is 0. The summed E-state index contributed by atoms with van der Waals surface area (Å²) >= 11 is 0. The molecule has 2 rings (SSSR count). The Kier molecular flexibility index (Phi) is 4.18. The van der Waals surface area contributed by atoms with Gasteiger partial charge < -0.3 is 5.11 Å². The summed E-state index contributed by atoms with van der Waals surface area (Å²) in [5.74, 6) is -0.972. The zero-order valence-electron chi connectivity index (χ0n) is 10.1. The molecule has 4 heteroatoms. The van der Waals surface area contributed by atoms with Gasteiger partial charge in [-0.2, -0.15) is 0 Å². The topological polar surface area (TPSA) is 63.1 Å². The molecule has 2 heterocycles. The Bertz CT molecular complexity index is 602. The number of nitrogens with zero attached hydrogens (tertiary/aromatic N) is 2. The maximum atomic E-state index is 10.4. The van der Waals surface area contributed by atoms with Gasteiger partial charge in [-0.3, -0.25) is 9.97 Å². The lowest BCUT2D eigenvalue weighted by Gasteiger charge is -1.95. The van der Waals surface area contributed by atoms with Crippen LogP contribution in [0.2, 0.25) is 0 Å². The molecule has 0 bridgehead atoms. The first-order valence-electron chi connectivity index (χ1n) is 5.69. The largest absolute Gasteiger partial charge is 0.478 e. The fourth-order valence-electron chi connectivity index (χ4n) is 1.44. The maximum Gasteiger partial charge on any atom is 0.328 e. The minimum Gasteiger partial charge on any atom is -0.478 e. The van der Waals surface area contributed by atoms with Crippen molar-refractivity contribution in [1.29, 1.82) is 0 Å². The Balaban J connectivity index is 2.07. The van der Waals surface area contributed by atoms with Gasteiger partial charge in [0.15, 0.2) is 0 Å². The van der Waals surface area contributed by atoms with Gasteiger partial charge in [0.1, 0.15) is 0 Å². The van der Waals surface area contributed by atoms with E-state index in [9.17, 15) is 4.79 Å². The SMILES string of the molecule is O=C(O)C=Cc1ccc(/C=C/c2cccnc2)nc1. The number of carboxylic acid groups (broad SMARTS) is 1. The number of pyridine rings is 2.